The van der Waals surface area contributed by atoms with Gasteiger partial charge in [-0.25, -0.2) is 4.79 Å². The molecular weight excluding hydrogens is 350 g/mol. The Kier molecular flexibility index (Phi) is 5.83. The van der Waals surface area contributed by atoms with Gasteiger partial charge in [-0.3, -0.25) is 4.79 Å². The average molecular weight is 371 g/mol. The Hall–Kier alpha value is -2.47. The molecule has 5 nitrogen and oxygen atoms in total. The number of carboxylic acids is 1. The first-order chi connectivity index (χ1) is 12.6. The van der Waals surface area contributed by atoms with E-state index >= 15 is 0 Å². The van der Waals surface area contributed by atoms with Gasteiger partial charge in [0.15, 0.2) is 0 Å². The van der Waals surface area contributed by atoms with Gasteiger partial charge in [0.2, 0.25) is 0 Å². The van der Waals surface area contributed by atoms with Crippen molar-refractivity contribution in [3.8, 4) is 5.75 Å². The van der Waals surface area contributed by atoms with E-state index in [-0.39, 0.29) is 5.91 Å². The molecule has 0 aromatic heterocycles. The second-order valence-corrected chi connectivity index (χ2v) is 7.48. The van der Waals surface area contributed by atoms with Crippen molar-refractivity contribution < 1.29 is 19.4 Å². The Balaban J connectivity index is 1.62. The molecule has 1 aliphatic heterocycles. The fourth-order valence-electron chi connectivity index (χ4n) is 2.85. The number of ether oxygens (including phenoxy) is 1. The van der Waals surface area contributed by atoms with Crippen molar-refractivity contribution in [1.82, 2.24) is 5.32 Å². The van der Waals surface area contributed by atoms with Crippen LogP contribution in [0.3, 0.4) is 0 Å². The number of amides is 1. The van der Waals surface area contributed by atoms with E-state index in [1.165, 1.54) is 0 Å². The molecule has 2 aromatic carbocycles. The molecule has 1 saturated heterocycles. The summed E-state index contributed by atoms with van der Waals surface area (Å²) in [5.41, 5.74) is 0.328. The zero-order valence-electron chi connectivity index (χ0n) is 14.3. The predicted molar refractivity (Wildman–Crippen MR) is 102 cm³/mol. The number of thioether (sulfide) groups is 1. The summed E-state index contributed by atoms with van der Waals surface area (Å²) in [7, 11) is 0. The van der Waals surface area contributed by atoms with Gasteiger partial charge in [-0.2, -0.15) is 11.8 Å². The van der Waals surface area contributed by atoms with Crippen LogP contribution in [0.15, 0.2) is 54.6 Å². The van der Waals surface area contributed by atoms with Crippen molar-refractivity contribution in [3.63, 3.8) is 0 Å². The Morgan fingerprint density at radius 1 is 1.04 bits per heavy atom. The van der Waals surface area contributed by atoms with Crippen LogP contribution in [0.4, 0.5) is 0 Å². The highest BCUT2D eigenvalue weighted by molar-refractivity contribution is 7.99. The largest absolute Gasteiger partial charge is 0.489 e. The zero-order chi connectivity index (χ0) is 18.4. The SMILES string of the molecule is O=C(NC1(C(=O)O)CCSCC1)c1ccc(OCc2ccccc2)cc1. The summed E-state index contributed by atoms with van der Waals surface area (Å²) in [6.45, 7) is 0.451. The third-order valence-corrected chi connectivity index (χ3v) is 5.46. The Morgan fingerprint density at radius 2 is 1.69 bits per heavy atom. The van der Waals surface area contributed by atoms with Gasteiger partial charge in [0.1, 0.15) is 17.9 Å². The van der Waals surface area contributed by atoms with Crippen molar-refractivity contribution in [2.45, 2.75) is 25.0 Å². The lowest BCUT2D eigenvalue weighted by atomic mass is 9.92. The smallest absolute Gasteiger partial charge is 0.329 e. The molecule has 6 heteroatoms. The second-order valence-electron chi connectivity index (χ2n) is 6.25. The number of carbonyl (C=O) groups is 2. The first kappa shape index (κ1) is 18.3. The van der Waals surface area contributed by atoms with E-state index in [0.29, 0.717) is 30.8 Å². The van der Waals surface area contributed by atoms with E-state index < -0.39 is 11.5 Å². The van der Waals surface area contributed by atoms with E-state index in [2.05, 4.69) is 5.32 Å². The number of aliphatic carboxylic acids is 1. The number of hydrogen-bond donors (Lipinski definition) is 2. The summed E-state index contributed by atoms with van der Waals surface area (Å²) in [5, 5.41) is 12.3. The van der Waals surface area contributed by atoms with Gasteiger partial charge < -0.3 is 15.2 Å². The molecular formula is C20H21NO4S. The van der Waals surface area contributed by atoms with Crippen molar-refractivity contribution in [2.75, 3.05) is 11.5 Å². The highest BCUT2D eigenvalue weighted by Crippen LogP contribution is 2.28. The monoisotopic (exact) mass is 371 g/mol. The van der Waals surface area contributed by atoms with E-state index in [0.717, 1.165) is 17.1 Å². The third-order valence-electron chi connectivity index (χ3n) is 4.47. The van der Waals surface area contributed by atoms with Crippen LogP contribution >= 0.6 is 11.8 Å². The van der Waals surface area contributed by atoms with E-state index in [9.17, 15) is 14.7 Å². The van der Waals surface area contributed by atoms with Crippen LogP contribution in [0.5, 0.6) is 5.75 Å². The number of nitrogens with one attached hydrogen (secondary N) is 1. The lowest BCUT2D eigenvalue weighted by Gasteiger charge is -2.33. The molecule has 1 amide bonds. The number of carboxylic acid groups (broad SMARTS) is 1. The van der Waals surface area contributed by atoms with Crippen LogP contribution in [0, 0.1) is 0 Å². The van der Waals surface area contributed by atoms with Crippen LogP contribution in [-0.2, 0) is 11.4 Å². The molecule has 3 rings (SSSR count). The summed E-state index contributed by atoms with van der Waals surface area (Å²) in [5.74, 6) is 0.799. The summed E-state index contributed by atoms with van der Waals surface area (Å²) in [6, 6.07) is 16.6. The molecule has 0 atom stereocenters. The van der Waals surface area contributed by atoms with Crippen LogP contribution in [0.1, 0.15) is 28.8 Å². The van der Waals surface area contributed by atoms with Crippen LogP contribution in [0.25, 0.3) is 0 Å². The molecule has 0 unspecified atom stereocenters. The first-order valence-corrected chi connectivity index (χ1v) is 9.65. The predicted octanol–water partition coefficient (Wildman–Crippen LogP) is 3.35. The maximum atomic E-state index is 12.5. The summed E-state index contributed by atoms with van der Waals surface area (Å²) in [4.78, 5) is 24.2. The number of benzene rings is 2. The minimum absolute atomic E-state index is 0.367. The van der Waals surface area contributed by atoms with Gasteiger partial charge in [0, 0.05) is 5.56 Å². The van der Waals surface area contributed by atoms with Crippen LogP contribution in [0.2, 0.25) is 0 Å². The molecule has 1 heterocycles. The van der Waals surface area contributed by atoms with E-state index in [1.807, 2.05) is 30.3 Å². The molecule has 0 radical (unpaired) electrons. The number of hydrogen-bond acceptors (Lipinski definition) is 4. The van der Waals surface area contributed by atoms with Gasteiger partial charge in [0.05, 0.1) is 0 Å². The van der Waals surface area contributed by atoms with Gasteiger partial charge >= 0.3 is 5.97 Å². The molecule has 0 bridgehead atoms. The Labute approximate surface area is 156 Å². The Morgan fingerprint density at radius 3 is 2.31 bits per heavy atom. The lowest BCUT2D eigenvalue weighted by Crippen LogP contribution is -2.56. The topological polar surface area (TPSA) is 75.6 Å². The lowest BCUT2D eigenvalue weighted by molar-refractivity contribution is -0.144. The van der Waals surface area contributed by atoms with Crippen molar-refractivity contribution in [2.24, 2.45) is 0 Å². The van der Waals surface area contributed by atoms with E-state index in [4.69, 9.17) is 4.74 Å². The third kappa shape index (κ3) is 4.38. The van der Waals surface area contributed by atoms with E-state index in [1.54, 1.807) is 36.0 Å². The normalized spacial score (nSPS) is 15.8. The number of carbonyl (C=O) groups excluding carboxylic acids is 1. The average Bonchev–Trinajstić information content (AvgIpc) is 2.68. The highest BCUT2D eigenvalue weighted by Gasteiger charge is 2.41. The summed E-state index contributed by atoms with van der Waals surface area (Å²) >= 11 is 1.71. The molecule has 1 aliphatic rings. The van der Waals surface area contributed by atoms with Crippen molar-refractivity contribution in [3.05, 3.63) is 65.7 Å². The molecule has 2 N–H and O–H groups in total. The van der Waals surface area contributed by atoms with Crippen LogP contribution in [-0.4, -0.2) is 34.0 Å². The summed E-state index contributed by atoms with van der Waals surface area (Å²) < 4.78 is 5.71. The minimum atomic E-state index is -1.16. The number of rotatable bonds is 6. The first-order valence-electron chi connectivity index (χ1n) is 8.49. The maximum absolute atomic E-state index is 12.5. The summed E-state index contributed by atoms with van der Waals surface area (Å²) in [6.07, 6.45) is 0.883. The fraction of sp³-hybridized carbons (Fsp3) is 0.300. The van der Waals surface area contributed by atoms with Gasteiger partial charge in [-0.1, -0.05) is 30.3 Å². The van der Waals surface area contributed by atoms with Gasteiger partial charge in [-0.15, -0.1) is 0 Å². The molecule has 136 valence electrons. The quantitative estimate of drug-likeness (QED) is 0.814. The molecule has 2 aromatic rings. The van der Waals surface area contributed by atoms with Crippen LogP contribution < -0.4 is 10.1 Å². The molecule has 1 fully saturated rings. The van der Waals surface area contributed by atoms with Crippen molar-refractivity contribution in [1.29, 1.82) is 0 Å². The second kappa shape index (κ2) is 8.27. The Bertz CT molecular complexity index is 755. The van der Waals surface area contributed by atoms with Crippen molar-refractivity contribution >= 4 is 23.6 Å². The minimum Gasteiger partial charge on any atom is -0.489 e. The molecule has 0 saturated carbocycles. The molecule has 0 spiro atoms. The molecule has 0 aliphatic carbocycles. The highest BCUT2D eigenvalue weighted by atomic mass is 32.2. The van der Waals surface area contributed by atoms with Gasteiger partial charge in [0.25, 0.3) is 5.91 Å². The zero-order valence-corrected chi connectivity index (χ0v) is 15.1. The maximum Gasteiger partial charge on any atom is 0.329 e. The van der Waals surface area contributed by atoms with Gasteiger partial charge in [-0.05, 0) is 54.2 Å². The standard InChI is InChI=1S/C20H21NO4S/c22-18(21-20(19(23)24)10-12-26-13-11-20)16-6-8-17(9-7-16)25-14-15-4-2-1-3-5-15/h1-9H,10-14H2,(H,21,22)(H,23,24). The fourth-order valence-corrected chi connectivity index (χ4v) is 4.03. The molecule has 26 heavy (non-hydrogen) atoms.